The van der Waals surface area contributed by atoms with Gasteiger partial charge in [-0.1, -0.05) is 156 Å². The molecule has 2 unspecified atom stereocenters. The number of unbranched alkanes of at least 4 members (excludes halogenated alkanes) is 21. The highest BCUT2D eigenvalue weighted by Gasteiger charge is 2.29. The molecule has 0 radical (unpaired) electrons. The van der Waals surface area contributed by atoms with Crippen molar-refractivity contribution in [2.75, 3.05) is 59.3 Å². The summed E-state index contributed by atoms with van der Waals surface area (Å²) < 4.78 is 11.2. The maximum absolute atomic E-state index is 13.0. The average molecular weight is 1000 g/mol. The smallest absolute Gasteiger partial charge is 0.308 e. The zero-order valence-corrected chi connectivity index (χ0v) is 47.0. The van der Waals surface area contributed by atoms with Crippen LogP contribution in [-0.4, -0.2) is 93.8 Å². The third-order valence-corrected chi connectivity index (χ3v) is 14.9. The lowest BCUT2D eigenvalue weighted by atomic mass is 9.94. The molecule has 0 aliphatic carbocycles. The standard InChI is InChI=1S/C36H64N4O4S.C22H42O3/c1-6-8-10-12-13-16-21-29(20-15-11-9-7-2)36(43)44-27-18-14-17-22-32(41)40-26-23-30-31(28-40)45-35(37-3)33(30)34(42)38-24-19-25-39(4)5;1-3-5-7-9-10-14-18-21(17-13-8-6-4-2)22(24)25-20-16-12-11-15-19-23/h29,37H,6-28H2,1-5H3,(H,38,42);19,21H,3-18,20H2,1-2H3. The van der Waals surface area contributed by atoms with Crippen LogP contribution >= 0.6 is 11.3 Å². The van der Waals surface area contributed by atoms with Gasteiger partial charge in [-0.25, -0.2) is 0 Å². The van der Waals surface area contributed by atoms with E-state index in [0.717, 1.165) is 130 Å². The molecule has 406 valence electrons. The molecule has 1 aliphatic heterocycles. The van der Waals surface area contributed by atoms with Crippen molar-refractivity contribution in [3.63, 3.8) is 0 Å². The first kappa shape index (κ1) is 65.0. The van der Waals surface area contributed by atoms with Crippen molar-refractivity contribution in [1.29, 1.82) is 0 Å². The molecule has 0 spiro atoms. The number of esters is 2. The van der Waals surface area contributed by atoms with Crippen molar-refractivity contribution >= 4 is 46.4 Å². The molecule has 0 saturated heterocycles. The van der Waals surface area contributed by atoms with Crippen LogP contribution in [0, 0.1) is 11.8 Å². The molecule has 70 heavy (non-hydrogen) atoms. The molecule has 1 aliphatic rings. The van der Waals surface area contributed by atoms with Crippen molar-refractivity contribution in [2.45, 2.75) is 253 Å². The summed E-state index contributed by atoms with van der Waals surface area (Å²) in [6.45, 7) is 12.7. The van der Waals surface area contributed by atoms with E-state index in [1.807, 2.05) is 26.0 Å². The Balaban J connectivity index is 0.000000831. The number of carbonyl (C=O) groups is 5. The summed E-state index contributed by atoms with van der Waals surface area (Å²) in [7, 11) is 5.91. The Morgan fingerprint density at radius 3 is 1.56 bits per heavy atom. The van der Waals surface area contributed by atoms with Crippen molar-refractivity contribution in [3.05, 3.63) is 16.0 Å². The first-order valence-corrected chi connectivity index (χ1v) is 29.7. The predicted molar refractivity (Wildman–Crippen MR) is 294 cm³/mol. The molecule has 0 aromatic carbocycles. The lowest BCUT2D eigenvalue weighted by Crippen LogP contribution is -2.36. The second-order valence-electron chi connectivity index (χ2n) is 20.3. The van der Waals surface area contributed by atoms with Crippen LogP contribution in [0.25, 0.3) is 0 Å². The highest BCUT2D eigenvalue weighted by Crippen LogP contribution is 2.37. The van der Waals surface area contributed by atoms with Crippen LogP contribution in [0.3, 0.4) is 0 Å². The number of aldehydes is 1. The van der Waals surface area contributed by atoms with Crippen molar-refractivity contribution in [1.82, 2.24) is 15.1 Å². The number of rotatable bonds is 44. The molecule has 1 aromatic heterocycles. The van der Waals surface area contributed by atoms with Gasteiger partial charge in [0, 0.05) is 37.9 Å². The summed E-state index contributed by atoms with van der Waals surface area (Å²) in [5.74, 6) is 0.269. The Labute approximate surface area is 432 Å². The lowest BCUT2D eigenvalue weighted by molar-refractivity contribution is -0.150. The van der Waals surface area contributed by atoms with Crippen LogP contribution in [0.15, 0.2) is 0 Å². The van der Waals surface area contributed by atoms with Gasteiger partial charge >= 0.3 is 11.9 Å². The molecule has 2 N–H and O–H groups in total. The zero-order valence-electron chi connectivity index (χ0n) is 46.2. The Morgan fingerprint density at radius 1 is 0.629 bits per heavy atom. The number of hydrogen-bond acceptors (Lipinski definition) is 10. The van der Waals surface area contributed by atoms with E-state index in [0.29, 0.717) is 52.1 Å². The van der Waals surface area contributed by atoms with Crippen LogP contribution in [0.2, 0.25) is 0 Å². The minimum absolute atomic E-state index is 0.0143. The Bertz CT molecular complexity index is 1490. The van der Waals surface area contributed by atoms with Gasteiger partial charge in [-0.05, 0) is 103 Å². The van der Waals surface area contributed by atoms with Crippen LogP contribution in [-0.2, 0) is 41.6 Å². The monoisotopic (exact) mass is 1000 g/mol. The number of amides is 2. The van der Waals surface area contributed by atoms with Gasteiger partial charge in [-0.3, -0.25) is 19.2 Å². The largest absolute Gasteiger partial charge is 0.465 e. The SMILES string of the molecule is CCCCCCCCC(CCCCCC)C(=O)OCCCCCC(=O)N1CCc2c(sc(NC)c2C(=O)NCCCN(C)C)C1.CCCCCCCCC(CCCCCC)C(=O)OCCCCCC=O. The number of fused-ring (bicyclic) bond motifs is 1. The van der Waals surface area contributed by atoms with Gasteiger partial charge in [0.2, 0.25) is 5.91 Å². The third kappa shape index (κ3) is 31.5. The van der Waals surface area contributed by atoms with Gasteiger partial charge in [0.05, 0.1) is 37.2 Å². The molecule has 12 heteroatoms. The minimum Gasteiger partial charge on any atom is -0.465 e. The normalized spacial score (nSPS) is 13.0. The lowest BCUT2D eigenvalue weighted by Gasteiger charge is -2.27. The number of ether oxygens (including phenoxy) is 2. The summed E-state index contributed by atoms with van der Waals surface area (Å²) in [6.07, 6.45) is 37.4. The molecule has 2 amide bonds. The number of thiophene rings is 1. The number of carbonyl (C=O) groups excluding carboxylic acids is 5. The number of anilines is 1. The summed E-state index contributed by atoms with van der Waals surface area (Å²) >= 11 is 1.59. The van der Waals surface area contributed by atoms with E-state index in [1.165, 1.54) is 103 Å². The first-order valence-electron chi connectivity index (χ1n) is 28.9. The van der Waals surface area contributed by atoms with Crippen LogP contribution in [0.1, 0.15) is 260 Å². The topological polar surface area (TPSA) is 134 Å². The summed E-state index contributed by atoms with van der Waals surface area (Å²) in [5.41, 5.74) is 1.83. The molecule has 1 aromatic rings. The molecular weight excluding hydrogens is 897 g/mol. The summed E-state index contributed by atoms with van der Waals surface area (Å²) in [4.78, 5) is 66.8. The zero-order chi connectivity index (χ0) is 51.5. The predicted octanol–water partition coefficient (Wildman–Crippen LogP) is 14.4. The van der Waals surface area contributed by atoms with Crippen molar-refractivity contribution < 1.29 is 33.4 Å². The van der Waals surface area contributed by atoms with Gasteiger partial charge < -0.3 is 34.7 Å². The van der Waals surface area contributed by atoms with E-state index in [1.54, 1.807) is 11.3 Å². The molecule has 2 heterocycles. The second-order valence-corrected chi connectivity index (χ2v) is 21.4. The van der Waals surface area contributed by atoms with Crippen LogP contribution in [0.5, 0.6) is 0 Å². The molecule has 2 rings (SSSR count). The van der Waals surface area contributed by atoms with Gasteiger partial charge in [-0.2, -0.15) is 0 Å². The van der Waals surface area contributed by atoms with E-state index in [-0.39, 0.29) is 35.6 Å². The fraction of sp³-hybridized carbons (Fsp3) is 0.845. The van der Waals surface area contributed by atoms with E-state index in [9.17, 15) is 24.0 Å². The molecular formula is C58H106N4O7S. The minimum atomic E-state index is -0.0266. The van der Waals surface area contributed by atoms with Crippen LogP contribution < -0.4 is 10.6 Å². The molecule has 11 nitrogen and oxygen atoms in total. The fourth-order valence-corrected chi connectivity index (χ4v) is 10.5. The quantitative estimate of drug-likeness (QED) is 0.0372. The molecule has 0 fully saturated rings. The Kier molecular flexibility index (Phi) is 41.5. The van der Waals surface area contributed by atoms with Gasteiger partial charge in [0.15, 0.2) is 0 Å². The fourth-order valence-electron chi connectivity index (χ4n) is 9.26. The van der Waals surface area contributed by atoms with Crippen LogP contribution in [0.4, 0.5) is 5.00 Å². The highest BCUT2D eigenvalue weighted by atomic mass is 32.1. The van der Waals surface area contributed by atoms with Crippen molar-refractivity contribution in [2.24, 2.45) is 11.8 Å². The second kappa shape index (κ2) is 44.7. The molecule has 2 atom stereocenters. The third-order valence-electron chi connectivity index (χ3n) is 13.7. The average Bonchev–Trinajstić information content (AvgIpc) is 3.74. The number of hydrogen-bond donors (Lipinski definition) is 2. The van der Waals surface area contributed by atoms with E-state index < -0.39 is 0 Å². The van der Waals surface area contributed by atoms with E-state index in [2.05, 4.69) is 43.2 Å². The first-order chi connectivity index (χ1) is 34.1. The Hall–Kier alpha value is -2.99. The highest BCUT2D eigenvalue weighted by molar-refractivity contribution is 7.16. The Morgan fingerprint density at radius 2 is 1.09 bits per heavy atom. The van der Waals surface area contributed by atoms with E-state index in [4.69, 9.17) is 9.47 Å². The molecule has 0 bridgehead atoms. The maximum atomic E-state index is 13.0. The van der Waals surface area contributed by atoms with E-state index >= 15 is 0 Å². The molecule has 0 saturated carbocycles. The maximum Gasteiger partial charge on any atom is 0.308 e. The summed E-state index contributed by atoms with van der Waals surface area (Å²) in [6, 6.07) is 0. The van der Waals surface area contributed by atoms with Gasteiger partial charge in [-0.15, -0.1) is 11.3 Å². The summed E-state index contributed by atoms with van der Waals surface area (Å²) in [5, 5.41) is 7.15. The van der Waals surface area contributed by atoms with Gasteiger partial charge in [0.25, 0.3) is 5.91 Å². The van der Waals surface area contributed by atoms with Crippen molar-refractivity contribution in [3.8, 4) is 0 Å². The number of nitrogens with zero attached hydrogens (tertiary/aromatic N) is 2. The number of nitrogens with one attached hydrogen (secondary N) is 2. The van der Waals surface area contributed by atoms with Gasteiger partial charge in [0.1, 0.15) is 11.3 Å².